The Hall–Kier alpha value is -3.44. The van der Waals surface area contributed by atoms with Crippen molar-refractivity contribution in [1.82, 2.24) is 0 Å². The van der Waals surface area contributed by atoms with Crippen LogP contribution in [-0.2, 0) is 20.8 Å². The molecule has 5 nitrogen and oxygen atoms in total. The van der Waals surface area contributed by atoms with E-state index in [1.807, 2.05) is 54.6 Å². The number of esters is 2. The van der Waals surface area contributed by atoms with E-state index in [0.29, 0.717) is 24.3 Å². The Labute approximate surface area is 187 Å². The molecule has 1 fully saturated rings. The Morgan fingerprint density at radius 3 is 1.88 bits per heavy atom. The van der Waals surface area contributed by atoms with E-state index in [9.17, 15) is 9.59 Å². The Kier molecular flexibility index (Phi) is 7.31. The fraction of sp³-hybridized carbons (Fsp3) is 0.259. The molecule has 4 rings (SSSR count). The van der Waals surface area contributed by atoms with E-state index < -0.39 is 0 Å². The van der Waals surface area contributed by atoms with E-state index in [2.05, 4.69) is 0 Å². The molecule has 0 aliphatic heterocycles. The molecule has 1 aliphatic rings. The van der Waals surface area contributed by atoms with Crippen molar-refractivity contribution in [1.29, 1.82) is 0 Å². The summed E-state index contributed by atoms with van der Waals surface area (Å²) in [7, 11) is 0. The minimum atomic E-state index is -0.369. The number of hydrogen-bond donors (Lipinski definition) is 0. The summed E-state index contributed by atoms with van der Waals surface area (Å²) in [4.78, 5) is 24.6. The van der Waals surface area contributed by atoms with Crippen LogP contribution in [-0.4, -0.2) is 31.3 Å². The van der Waals surface area contributed by atoms with Gasteiger partial charge in [-0.15, -0.1) is 0 Å². The van der Waals surface area contributed by atoms with E-state index in [1.54, 1.807) is 36.4 Å². The Bertz CT molecular complexity index is 1000. The number of hydrogen-bond acceptors (Lipinski definition) is 5. The highest BCUT2D eigenvalue weighted by Gasteiger charge is 2.45. The first kappa shape index (κ1) is 21.8. The van der Waals surface area contributed by atoms with E-state index in [4.69, 9.17) is 14.2 Å². The third-order valence-electron chi connectivity index (χ3n) is 5.59. The lowest BCUT2D eigenvalue weighted by Crippen LogP contribution is -2.26. The molecule has 0 N–H and O–H groups in total. The molecule has 164 valence electrons. The van der Waals surface area contributed by atoms with Crippen LogP contribution in [0.5, 0.6) is 0 Å². The van der Waals surface area contributed by atoms with Gasteiger partial charge in [0, 0.05) is 0 Å². The molecule has 0 unspecified atom stereocenters. The summed E-state index contributed by atoms with van der Waals surface area (Å²) in [6.45, 7) is 0.923. The van der Waals surface area contributed by atoms with Crippen molar-refractivity contribution >= 4 is 11.9 Å². The molecule has 1 aliphatic carbocycles. The zero-order chi connectivity index (χ0) is 22.2. The fourth-order valence-corrected chi connectivity index (χ4v) is 3.65. The topological polar surface area (TPSA) is 61.8 Å². The second-order valence-corrected chi connectivity index (χ2v) is 7.92. The van der Waals surface area contributed by atoms with Crippen LogP contribution in [0.25, 0.3) is 0 Å². The molecule has 32 heavy (non-hydrogen) atoms. The van der Waals surface area contributed by atoms with Gasteiger partial charge in [0.2, 0.25) is 0 Å². The van der Waals surface area contributed by atoms with Crippen LogP contribution < -0.4 is 0 Å². The maximum atomic E-state index is 12.4. The third-order valence-corrected chi connectivity index (χ3v) is 5.59. The zero-order valence-corrected chi connectivity index (χ0v) is 17.8. The second kappa shape index (κ2) is 10.7. The maximum absolute atomic E-state index is 12.4. The molecule has 5 heteroatoms. The van der Waals surface area contributed by atoms with Gasteiger partial charge in [0.15, 0.2) is 0 Å². The number of benzene rings is 3. The minimum Gasteiger partial charge on any atom is -0.462 e. The summed E-state index contributed by atoms with van der Waals surface area (Å²) >= 11 is 0. The summed E-state index contributed by atoms with van der Waals surface area (Å²) in [6.07, 6.45) is 0.605. The van der Waals surface area contributed by atoms with Crippen LogP contribution in [0.3, 0.4) is 0 Å². The molecule has 3 atom stereocenters. The van der Waals surface area contributed by atoms with E-state index in [-0.39, 0.29) is 36.5 Å². The summed E-state index contributed by atoms with van der Waals surface area (Å²) in [6, 6.07) is 27.8. The van der Waals surface area contributed by atoms with Crippen LogP contribution in [0, 0.1) is 11.8 Å². The van der Waals surface area contributed by atoms with Crippen molar-refractivity contribution in [3.63, 3.8) is 0 Å². The number of carbonyl (C=O) groups is 2. The van der Waals surface area contributed by atoms with Crippen LogP contribution in [0.2, 0.25) is 0 Å². The molecule has 0 aromatic heterocycles. The van der Waals surface area contributed by atoms with Crippen molar-refractivity contribution in [2.24, 2.45) is 11.8 Å². The van der Waals surface area contributed by atoms with Crippen molar-refractivity contribution in [2.75, 3.05) is 13.2 Å². The van der Waals surface area contributed by atoms with Gasteiger partial charge in [-0.3, -0.25) is 0 Å². The molecule has 0 spiro atoms. The maximum Gasteiger partial charge on any atom is 0.338 e. The van der Waals surface area contributed by atoms with Gasteiger partial charge < -0.3 is 14.2 Å². The smallest absolute Gasteiger partial charge is 0.338 e. The highest BCUT2D eigenvalue weighted by Crippen LogP contribution is 2.43. The van der Waals surface area contributed by atoms with E-state index in [0.717, 1.165) is 12.0 Å². The Balaban J connectivity index is 1.32. The first-order valence-corrected chi connectivity index (χ1v) is 10.8. The van der Waals surface area contributed by atoms with Gasteiger partial charge in [0.25, 0.3) is 0 Å². The lowest BCUT2D eigenvalue weighted by Gasteiger charge is -2.18. The number of rotatable bonds is 10. The van der Waals surface area contributed by atoms with Crippen LogP contribution in [0.4, 0.5) is 0 Å². The molecular formula is C27H26O5. The van der Waals surface area contributed by atoms with E-state index >= 15 is 0 Å². The quantitative estimate of drug-likeness (QED) is 0.427. The molecule has 0 saturated heterocycles. The molecular weight excluding hydrogens is 404 g/mol. The normalized spacial score (nSPS) is 17.9. The lowest BCUT2D eigenvalue weighted by molar-refractivity contribution is -0.0293. The van der Waals surface area contributed by atoms with Gasteiger partial charge in [0.1, 0.15) is 6.61 Å². The summed E-state index contributed by atoms with van der Waals surface area (Å²) < 4.78 is 17.2. The van der Waals surface area contributed by atoms with Crippen LogP contribution >= 0.6 is 0 Å². The standard InChI is InChI=1S/C27H26O5/c28-26(21-12-6-2-7-13-21)31-18-23-16-24(23)25(30-17-20-10-4-1-5-11-20)19-32-27(29)22-14-8-3-9-15-22/h1-15,23-25H,16-19H2/t23-,24+,25-/m0/s1. The average Bonchev–Trinajstić information content (AvgIpc) is 3.63. The van der Waals surface area contributed by atoms with Crippen molar-refractivity contribution in [3.8, 4) is 0 Å². The van der Waals surface area contributed by atoms with Gasteiger partial charge >= 0.3 is 11.9 Å². The van der Waals surface area contributed by atoms with E-state index in [1.165, 1.54) is 0 Å². The van der Waals surface area contributed by atoms with Crippen LogP contribution in [0.15, 0.2) is 91.0 Å². The van der Waals surface area contributed by atoms with Crippen molar-refractivity contribution < 1.29 is 23.8 Å². The first-order chi connectivity index (χ1) is 15.7. The zero-order valence-electron chi connectivity index (χ0n) is 17.8. The van der Waals surface area contributed by atoms with Crippen LogP contribution in [0.1, 0.15) is 32.7 Å². The molecule has 3 aromatic rings. The molecule has 0 amide bonds. The molecule has 1 saturated carbocycles. The first-order valence-electron chi connectivity index (χ1n) is 10.8. The molecule has 0 bridgehead atoms. The summed E-state index contributed by atoms with van der Waals surface area (Å²) in [5.74, 6) is -0.329. The number of ether oxygens (including phenoxy) is 3. The third kappa shape index (κ3) is 6.05. The predicted molar refractivity (Wildman–Crippen MR) is 120 cm³/mol. The Morgan fingerprint density at radius 2 is 1.28 bits per heavy atom. The lowest BCUT2D eigenvalue weighted by atomic mass is 10.2. The summed E-state index contributed by atoms with van der Waals surface area (Å²) in [5, 5.41) is 0. The van der Waals surface area contributed by atoms with Gasteiger partial charge in [0.05, 0.1) is 30.4 Å². The van der Waals surface area contributed by atoms with Gasteiger partial charge in [-0.2, -0.15) is 0 Å². The van der Waals surface area contributed by atoms with Crippen molar-refractivity contribution in [2.45, 2.75) is 19.1 Å². The monoisotopic (exact) mass is 430 g/mol. The van der Waals surface area contributed by atoms with Gasteiger partial charge in [-0.1, -0.05) is 66.7 Å². The van der Waals surface area contributed by atoms with Crippen molar-refractivity contribution in [3.05, 3.63) is 108 Å². The van der Waals surface area contributed by atoms with Gasteiger partial charge in [-0.05, 0) is 48.1 Å². The number of carbonyl (C=O) groups excluding carboxylic acids is 2. The molecule has 0 radical (unpaired) electrons. The largest absolute Gasteiger partial charge is 0.462 e. The highest BCUT2D eigenvalue weighted by molar-refractivity contribution is 5.89. The summed E-state index contributed by atoms with van der Waals surface area (Å²) in [5.41, 5.74) is 2.11. The molecule has 3 aromatic carbocycles. The minimum absolute atomic E-state index is 0.161. The predicted octanol–water partition coefficient (Wildman–Crippen LogP) is 4.92. The average molecular weight is 431 g/mol. The fourth-order valence-electron chi connectivity index (χ4n) is 3.65. The Morgan fingerprint density at radius 1 is 0.750 bits per heavy atom. The van der Waals surface area contributed by atoms with Gasteiger partial charge in [-0.25, -0.2) is 9.59 Å². The highest BCUT2D eigenvalue weighted by atomic mass is 16.6. The SMILES string of the molecule is O=C(OC[C@@H]1C[C@H]1[C@H](COC(=O)c1ccccc1)OCc1ccccc1)c1ccccc1. The second-order valence-electron chi connectivity index (χ2n) is 7.92. The molecule has 0 heterocycles.